The SMILES string of the molecule is CCCC(CNC(C)C)CC1CC2CCC1C2. The van der Waals surface area contributed by atoms with Crippen LogP contribution < -0.4 is 5.32 Å². The van der Waals surface area contributed by atoms with E-state index in [1.54, 1.807) is 25.7 Å². The van der Waals surface area contributed by atoms with Gasteiger partial charge in [0, 0.05) is 6.04 Å². The standard InChI is InChI=1S/C16H31N/c1-4-5-14(11-17-12(2)3)10-16-9-13-6-7-15(16)8-13/h12-17H,4-11H2,1-3H3. The second kappa shape index (κ2) is 6.22. The van der Waals surface area contributed by atoms with E-state index in [1.807, 2.05) is 0 Å². The van der Waals surface area contributed by atoms with Gasteiger partial charge in [-0.05, 0) is 62.3 Å². The molecule has 0 spiro atoms. The Morgan fingerprint density at radius 1 is 1.18 bits per heavy atom. The molecule has 1 heteroatoms. The predicted octanol–water partition coefficient (Wildman–Crippen LogP) is 4.23. The third kappa shape index (κ3) is 3.71. The lowest BCUT2D eigenvalue weighted by Crippen LogP contribution is -2.30. The van der Waals surface area contributed by atoms with Gasteiger partial charge < -0.3 is 5.32 Å². The molecule has 0 aliphatic heterocycles. The molecule has 1 N–H and O–H groups in total. The van der Waals surface area contributed by atoms with Gasteiger partial charge in [0.1, 0.15) is 0 Å². The zero-order valence-corrected chi connectivity index (χ0v) is 12.0. The summed E-state index contributed by atoms with van der Waals surface area (Å²) < 4.78 is 0. The van der Waals surface area contributed by atoms with E-state index in [-0.39, 0.29) is 0 Å². The molecule has 0 aromatic heterocycles. The molecular formula is C16H31N. The topological polar surface area (TPSA) is 12.0 Å². The summed E-state index contributed by atoms with van der Waals surface area (Å²) in [4.78, 5) is 0. The highest BCUT2D eigenvalue weighted by atomic mass is 14.9. The normalized spacial score (nSPS) is 33.5. The van der Waals surface area contributed by atoms with Crippen LogP contribution >= 0.6 is 0 Å². The molecule has 0 radical (unpaired) electrons. The Labute approximate surface area is 108 Å². The summed E-state index contributed by atoms with van der Waals surface area (Å²) >= 11 is 0. The van der Waals surface area contributed by atoms with Crippen LogP contribution in [0.5, 0.6) is 0 Å². The van der Waals surface area contributed by atoms with Crippen LogP contribution in [0, 0.1) is 23.7 Å². The Kier molecular flexibility index (Phi) is 4.90. The van der Waals surface area contributed by atoms with Crippen LogP contribution in [0.15, 0.2) is 0 Å². The van der Waals surface area contributed by atoms with Gasteiger partial charge in [0.25, 0.3) is 0 Å². The van der Waals surface area contributed by atoms with Gasteiger partial charge in [0.2, 0.25) is 0 Å². The molecule has 0 aromatic rings. The van der Waals surface area contributed by atoms with Crippen LogP contribution in [-0.4, -0.2) is 12.6 Å². The fourth-order valence-corrected chi connectivity index (χ4v) is 4.21. The van der Waals surface area contributed by atoms with Crippen LogP contribution in [0.1, 0.15) is 65.7 Å². The first-order chi connectivity index (χ1) is 8.19. The molecule has 17 heavy (non-hydrogen) atoms. The van der Waals surface area contributed by atoms with Gasteiger partial charge in [-0.2, -0.15) is 0 Å². The summed E-state index contributed by atoms with van der Waals surface area (Å²) in [5.74, 6) is 4.25. The van der Waals surface area contributed by atoms with Crippen LogP contribution in [0.3, 0.4) is 0 Å². The van der Waals surface area contributed by atoms with Gasteiger partial charge in [-0.15, -0.1) is 0 Å². The van der Waals surface area contributed by atoms with E-state index in [1.165, 1.54) is 25.8 Å². The van der Waals surface area contributed by atoms with Gasteiger partial charge in [-0.3, -0.25) is 0 Å². The molecular weight excluding hydrogens is 206 g/mol. The summed E-state index contributed by atoms with van der Waals surface area (Å²) in [7, 11) is 0. The first-order valence-electron chi connectivity index (χ1n) is 7.92. The van der Waals surface area contributed by atoms with Crippen molar-refractivity contribution in [2.45, 2.75) is 71.8 Å². The molecule has 4 unspecified atom stereocenters. The van der Waals surface area contributed by atoms with Crippen LogP contribution in [-0.2, 0) is 0 Å². The van der Waals surface area contributed by atoms with Gasteiger partial charge in [0.05, 0.1) is 0 Å². The quantitative estimate of drug-likeness (QED) is 0.699. The number of rotatable bonds is 7. The highest BCUT2D eigenvalue weighted by Gasteiger charge is 2.39. The van der Waals surface area contributed by atoms with Crippen molar-refractivity contribution >= 4 is 0 Å². The Balaban J connectivity index is 1.76. The number of fused-ring (bicyclic) bond motifs is 2. The minimum Gasteiger partial charge on any atom is -0.314 e. The average molecular weight is 237 g/mol. The van der Waals surface area contributed by atoms with Gasteiger partial charge in [0.15, 0.2) is 0 Å². The molecule has 2 aliphatic rings. The van der Waals surface area contributed by atoms with E-state index in [9.17, 15) is 0 Å². The van der Waals surface area contributed by atoms with E-state index in [2.05, 4.69) is 26.1 Å². The molecule has 2 saturated carbocycles. The zero-order chi connectivity index (χ0) is 12.3. The van der Waals surface area contributed by atoms with Crippen molar-refractivity contribution in [3.8, 4) is 0 Å². The van der Waals surface area contributed by atoms with Crippen molar-refractivity contribution in [3.63, 3.8) is 0 Å². The number of hydrogen-bond donors (Lipinski definition) is 1. The molecule has 2 aliphatic carbocycles. The molecule has 2 rings (SSSR count). The molecule has 2 bridgehead atoms. The lowest BCUT2D eigenvalue weighted by atomic mass is 9.81. The summed E-state index contributed by atoms with van der Waals surface area (Å²) in [5, 5.41) is 3.65. The largest absolute Gasteiger partial charge is 0.314 e. The summed E-state index contributed by atoms with van der Waals surface area (Å²) in [6.45, 7) is 8.11. The van der Waals surface area contributed by atoms with E-state index in [4.69, 9.17) is 0 Å². The third-order valence-corrected chi connectivity index (χ3v) is 5.03. The Bertz CT molecular complexity index is 224. The van der Waals surface area contributed by atoms with Crippen molar-refractivity contribution < 1.29 is 0 Å². The molecule has 1 nitrogen and oxygen atoms in total. The third-order valence-electron chi connectivity index (χ3n) is 5.03. The Hall–Kier alpha value is -0.0400. The van der Waals surface area contributed by atoms with Crippen molar-refractivity contribution in [3.05, 3.63) is 0 Å². The Morgan fingerprint density at radius 3 is 2.53 bits per heavy atom. The number of hydrogen-bond acceptors (Lipinski definition) is 1. The lowest BCUT2D eigenvalue weighted by molar-refractivity contribution is 0.251. The molecule has 0 aromatic carbocycles. The highest BCUT2D eigenvalue weighted by molar-refractivity contribution is 4.90. The molecule has 4 atom stereocenters. The van der Waals surface area contributed by atoms with Crippen LogP contribution in [0.2, 0.25) is 0 Å². The van der Waals surface area contributed by atoms with Crippen molar-refractivity contribution in [1.82, 2.24) is 5.32 Å². The van der Waals surface area contributed by atoms with Crippen LogP contribution in [0.4, 0.5) is 0 Å². The van der Waals surface area contributed by atoms with E-state index in [0.29, 0.717) is 6.04 Å². The number of nitrogens with one attached hydrogen (secondary N) is 1. The minimum absolute atomic E-state index is 0.648. The van der Waals surface area contributed by atoms with Crippen LogP contribution in [0.25, 0.3) is 0 Å². The first-order valence-corrected chi connectivity index (χ1v) is 7.92. The molecule has 100 valence electrons. The maximum Gasteiger partial charge on any atom is 0.00104 e. The predicted molar refractivity (Wildman–Crippen MR) is 75.1 cm³/mol. The van der Waals surface area contributed by atoms with E-state index >= 15 is 0 Å². The summed E-state index contributed by atoms with van der Waals surface area (Å²) in [6, 6.07) is 0.648. The Morgan fingerprint density at radius 2 is 2.00 bits per heavy atom. The van der Waals surface area contributed by atoms with Crippen molar-refractivity contribution in [1.29, 1.82) is 0 Å². The van der Waals surface area contributed by atoms with Gasteiger partial charge in [-0.1, -0.05) is 33.6 Å². The highest BCUT2D eigenvalue weighted by Crippen LogP contribution is 2.50. The minimum atomic E-state index is 0.648. The fraction of sp³-hybridized carbons (Fsp3) is 1.00. The first kappa shape index (κ1) is 13.4. The van der Waals surface area contributed by atoms with Gasteiger partial charge >= 0.3 is 0 Å². The van der Waals surface area contributed by atoms with Gasteiger partial charge in [-0.25, -0.2) is 0 Å². The molecule has 0 saturated heterocycles. The maximum absolute atomic E-state index is 3.65. The molecule has 0 heterocycles. The smallest absolute Gasteiger partial charge is 0.00104 e. The second-order valence-corrected chi connectivity index (χ2v) is 6.89. The molecule has 2 fully saturated rings. The zero-order valence-electron chi connectivity index (χ0n) is 12.0. The lowest BCUT2D eigenvalue weighted by Gasteiger charge is -2.27. The summed E-state index contributed by atoms with van der Waals surface area (Å²) in [6.07, 6.45) is 10.5. The van der Waals surface area contributed by atoms with Crippen molar-refractivity contribution in [2.24, 2.45) is 23.7 Å². The van der Waals surface area contributed by atoms with E-state index < -0.39 is 0 Å². The molecule has 0 amide bonds. The second-order valence-electron chi connectivity index (χ2n) is 6.89. The van der Waals surface area contributed by atoms with Crippen molar-refractivity contribution in [2.75, 3.05) is 6.54 Å². The summed E-state index contributed by atoms with van der Waals surface area (Å²) in [5.41, 5.74) is 0. The fourth-order valence-electron chi connectivity index (χ4n) is 4.21. The van der Waals surface area contributed by atoms with E-state index in [0.717, 1.165) is 23.7 Å². The maximum atomic E-state index is 3.65. The monoisotopic (exact) mass is 237 g/mol. The average Bonchev–Trinajstić information content (AvgIpc) is 2.88.